The Bertz CT molecular complexity index is 627. The molecule has 3 aliphatic heterocycles. The first-order valence-electron chi connectivity index (χ1n) is 9.10. The average molecular weight is 347 g/mol. The molecule has 7 heteroatoms. The fourth-order valence-electron chi connectivity index (χ4n) is 3.94. The SMILES string of the molecule is Cc1ccnc(O[C@H]2CCOC3(C2)CN(C(=O)C2CCOCC2)C3)n1. The van der Waals surface area contributed by atoms with Crippen LogP contribution in [-0.4, -0.2) is 65.4 Å². The highest BCUT2D eigenvalue weighted by Gasteiger charge is 2.50. The van der Waals surface area contributed by atoms with Crippen molar-refractivity contribution in [2.45, 2.75) is 44.3 Å². The summed E-state index contributed by atoms with van der Waals surface area (Å²) in [5, 5.41) is 0. The van der Waals surface area contributed by atoms with Crippen LogP contribution in [0.1, 0.15) is 31.4 Å². The van der Waals surface area contributed by atoms with Gasteiger partial charge in [0.15, 0.2) is 0 Å². The summed E-state index contributed by atoms with van der Waals surface area (Å²) < 4.78 is 17.3. The Kier molecular flexibility index (Phi) is 4.60. The first-order valence-corrected chi connectivity index (χ1v) is 9.10. The van der Waals surface area contributed by atoms with E-state index < -0.39 is 0 Å². The molecule has 0 saturated carbocycles. The lowest BCUT2D eigenvalue weighted by Crippen LogP contribution is -2.68. The highest BCUT2D eigenvalue weighted by atomic mass is 16.5. The minimum absolute atomic E-state index is 0.0379. The summed E-state index contributed by atoms with van der Waals surface area (Å²) in [7, 11) is 0. The third-order valence-electron chi connectivity index (χ3n) is 5.33. The number of hydrogen-bond donors (Lipinski definition) is 0. The fraction of sp³-hybridized carbons (Fsp3) is 0.722. The highest BCUT2D eigenvalue weighted by Crippen LogP contribution is 2.36. The number of carbonyl (C=O) groups excluding carboxylic acids is 1. The summed E-state index contributed by atoms with van der Waals surface area (Å²) in [6.07, 6.45) is 5.02. The van der Waals surface area contributed by atoms with Crippen LogP contribution in [0.25, 0.3) is 0 Å². The predicted octanol–water partition coefficient (Wildman–Crippen LogP) is 1.35. The number of nitrogens with zero attached hydrogens (tertiary/aromatic N) is 3. The van der Waals surface area contributed by atoms with Crippen LogP contribution in [0.2, 0.25) is 0 Å². The van der Waals surface area contributed by atoms with Crippen molar-refractivity contribution < 1.29 is 19.0 Å². The number of aromatic nitrogens is 2. The van der Waals surface area contributed by atoms with Crippen LogP contribution in [-0.2, 0) is 14.3 Å². The lowest BCUT2D eigenvalue weighted by atomic mass is 9.83. The van der Waals surface area contributed by atoms with E-state index in [4.69, 9.17) is 14.2 Å². The van der Waals surface area contributed by atoms with Crippen molar-refractivity contribution in [3.63, 3.8) is 0 Å². The van der Waals surface area contributed by atoms with Gasteiger partial charge in [0.2, 0.25) is 5.91 Å². The van der Waals surface area contributed by atoms with E-state index >= 15 is 0 Å². The van der Waals surface area contributed by atoms with Gasteiger partial charge in [0.1, 0.15) is 11.7 Å². The Morgan fingerprint density at radius 3 is 2.84 bits per heavy atom. The number of ether oxygens (including phenoxy) is 3. The van der Waals surface area contributed by atoms with Crippen molar-refractivity contribution in [1.82, 2.24) is 14.9 Å². The second-order valence-corrected chi connectivity index (χ2v) is 7.33. The summed E-state index contributed by atoms with van der Waals surface area (Å²) in [6, 6.07) is 2.28. The molecule has 0 aromatic carbocycles. The van der Waals surface area contributed by atoms with Gasteiger partial charge in [-0.05, 0) is 25.8 Å². The van der Waals surface area contributed by atoms with Gasteiger partial charge >= 0.3 is 6.01 Å². The molecule has 0 radical (unpaired) electrons. The Morgan fingerprint density at radius 1 is 1.28 bits per heavy atom. The van der Waals surface area contributed by atoms with Crippen LogP contribution >= 0.6 is 0 Å². The zero-order chi connectivity index (χ0) is 17.3. The minimum atomic E-state index is -0.256. The molecule has 0 N–H and O–H groups in total. The third-order valence-corrected chi connectivity index (χ3v) is 5.33. The molecule has 0 aliphatic carbocycles. The van der Waals surface area contributed by atoms with E-state index in [1.165, 1.54) is 0 Å². The fourth-order valence-corrected chi connectivity index (χ4v) is 3.94. The Balaban J connectivity index is 1.32. The molecule has 3 fully saturated rings. The van der Waals surface area contributed by atoms with E-state index in [2.05, 4.69) is 9.97 Å². The second-order valence-electron chi connectivity index (χ2n) is 7.33. The summed E-state index contributed by atoms with van der Waals surface area (Å²) in [6.45, 7) is 5.29. The number of hydrogen-bond acceptors (Lipinski definition) is 6. The summed E-state index contributed by atoms with van der Waals surface area (Å²) >= 11 is 0. The molecule has 4 rings (SSSR count). The summed E-state index contributed by atoms with van der Waals surface area (Å²) in [5.74, 6) is 0.366. The Morgan fingerprint density at radius 2 is 2.08 bits per heavy atom. The van der Waals surface area contributed by atoms with Crippen LogP contribution in [0.4, 0.5) is 0 Å². The zero-order valence-electron chi connectivity index (χ0n) is 14.6. The van der Waals surface area contributed by atoms with Crippen LogP contribution < -0.4 is 4.74 Å². The third kappa shape index (κ3) is 3.62. The number of rotatable bonds is 3. The van der Waals surface area contributed by atoms with Gasteiger partial charge < -0.3 is 19.1 Å². The highest BCUT2D eigenvalue weighted by molar-refractivity contribution is 5.80. The molecule has 0 bridgehead atoms. The molecule has 1 aromatic heterocycles. The monoisotopic (exact) mass is 347 g/mol. The second kappa shape index (κ2) is 6.88. The van der Waals surface area contributed by atoms with Crippen molar-refractivity contribution in [3.05, 3.63) is 18.0 Å². The van der Waals surface area contributed by atoms with E-state index in [1.54, 1.807) is 6.20 Å². The van der Waals surface area contributed by atoms with Crippen molar-refractivity contribution in [3.8, 4) is 6.01 Å². The standard InChI is InChI=1S/C18H25N3O4/c1-13-2-6-19-17(20-13)25-15-5-9-24-18(10-15)11-21(12-18)16(22)14-3-7-23-8-4-14/h2,6,14-15H,3-5,7-12H2,1H3/t15-/m0/s1. The van der Waals surface area contributed by atoms with Crippen molar-refractivity contribution in [2.24, 2.45) is 5.92 Å². The topological polar surface area (TPSA) is 73.8 Å². The van der Waals surface area contributed by atoms with Gasteiger partial charge in [-0.3, -0.25) is 4.79 Å². The molecule has 7 nitrogen and oxygen atoms in total. The van der Waals surface area contributed by atoms with E-state index in [0.717, 1.165) is 31.4 Å². The number of amides is 1. The molecule has 136 valence electrons. The van der Waals surface area contributed by atoms with Gasteiger partial charge in [0.25, 0.3) is 0 Å². The maximum Gasteiger partial charge on any atom is 0.316 e. The molecule has 1 spiro atoms. The smallest absolute Gasteiger partial charge is 0.316 e. The van der Waals surface area contributed by atoms with Crippen LogP contribution in [0.15, 0.2) is 12.3 Å². The summed E-state index contributed by atoms with van der Waals surface area (Å²) in [4.78, 5) is 23.0. The van der Waals surface area contributed by atoms with Gasteiger partial charge in [0, 0.05) is 43.9 Å². The Hall–Kier alpha value is -1.73. The van der Waals surface area contributed by atoms with Crippen molar-refractivity contribution >= 4 is 5.91 Å². The van der Waals surface area contributed by atoms with Gasteiger partial charge in [-0.15, -0.1) is 0 Å². The van der Waals surface area contributed by atoms with Crippen LogP contribution in [0, 0.1) is 12.8 Å². The van der Waals surface area contributed by atoms with Gasteiger partial charge in [0.05, 0.1) is 19.7 Å². The van der Waals surface area contributed by atoms with Gasteiger partial charge in [-0.2, -0.15) is 0 Å². The molecule has 0 unspecified atom stereocenters. The van der Waals surface area contributed by atoms with Crippen LogP contribution in [0.3, 0.4) is 0 Å². The maximum absolute atomic E-state index is 12.6. The quantitative estimate of drug-likeness (QED) is 0.822. The van der Waals surface area contributed by atoms with Crippen molar-refractivity contribution in [1.29, 1.82) is 0 Å². The van der Waals surface area contributed by atoms with Gasteiger partial charge in [-0.25, -0.2) is 9.97 Å². The predicted molar refractivity (Wildman–Crippen MR) is 89.2 cm³/mol. The molecule has 4 heterocycles. The van der Waals surface area contributed by atoms with Gasteiger partial charge in [-0.1, -0.05) is 0 Å². The minimum Gasteiger partial charge on any atom is -0.460 e. The molecule has 3 saturated heterocycles. The van der Waals surface area contributed by atoms with E-state index in [-0.39, 0.29) is 23.5 Å². The molecule has 1 amide bonds. The maximum atomic E-state index is 12.6. The molecular weight excluding hydrogens is 322 g/mol. The number of aryl methyl sites for hydroxylation is 1. The molecule has 25 heavy (non-hydrogen) atoms. The lowest BCUT2D eigenvalue weighted by Gasteiger charge is -2.53. The van der Waals surface area contributed by atoms with Crippen LogP contribution in [0.5, 0.6) is 6.01 Å². The van der Waals surface area contributed by atoms with E-state index in [9.17, 15) is 4.79 Å². The number of likely N-dealkylation sites (tertiary alicyclic amines) is 1. The molecule has 1 atom stereocenters. The average Bonchev–Trinajstić information content (AvgIpc) is 2.60. The first kappa shape index (κ1) is 16.7. The largest absolute Gasteiger partial charge is 0.460 e. The molecule has 3 aliphatic rings. The van der Waals surface area contributed by atoms with E-state index in [1.807, 2.05) is 17.9 Å². The van der Waals surface area contributed by atoms with Crippen molar-refractivity contribution in [2.75, 3.05) is 32.9 Å². The lowest BCUT2D eigenvalue weighted by molar-refractivity contribution is -0.197. The first-order chi connectivity index (χ1) is 12.1. The molecule has 1 aromatic rings. The summed E-state index contributed by atoms with van der Waals surface area (Å²) in [5.41, 5.74) is 0.636. The normalized spacial score (nSPS) is 26.3. The molecular formula is C18H25N3O4. The van der Waals surface area contributed by atoms with E-state index in [0.29, 0.717) is 38.9 Å². The number of carbonyl (C=O) groups is 1. The zero-order valence-corrected chi connectivity index (χ0v) is 14.6. The Labute approximate surface area is 147 Å².